The van der Waals surface area contributed by atoms with Crippen molar-refractivity contribution in [2.24, 2.45) is 5.73 Å². The normalized spacial score (nSPS) is 12.9. The number of carboxylic acid groups (broad SMARTS) is 1. The summed E-state index contributed by atoms with van der Waals surface area (Å²) in [6, 6.07) is 17.2. The lowest BCUT2D eigenvalue weighted by atomic mass is 10.0. The van der Waals surface area contributed by atoms with E-state index in [1.165, 1.54) is 5.56 Å². The highest BCUT2D eigenvalue weighted by Crippen LogP contribution is 2.23. The summed E-state index contributed by atoms with van der Waals surface area (Å²) in [5, 5.41) is 7.12. The van der Waals surface area contributed by atoms with Crippen LogP contribution in [0.3, 0.4) is 0 Å². The molecule has 2 rings (SSSR count). The van der Waals surface area contributed by atoms with Gasteiger partial charge in [0.15, 0.2) is 0 Å². The number of halogens is 3. The number of nitrogens with two attached hydrogens (primary N) is 1. The van der Waals surface area contributed by atoms with Crippen LogP contribution in [0.2, 0.25) is 0 Å². The van der Waals surface area contributed by atoms with Crippen LogP contribution >= 0.6 is 12.6 Å². The lowest BCUT2D eigenvalue weighted by Gasteiger charge is -2.20. The van der Waals surface area contributed by atoms with Crippen molar-refractivity contribution in [2.45, 2.75) is 31.7 Å². The number of carbonyl (C=O) groups excluding carboxylic acids is 1. The fourth-order valence-corrected chi connectivity index (χ4v) is 2.28. The van der Waals surface area contributed by atoms with Crippen LogP contribution in [0.25, 0.3) is 0 Å². The van der Waals surface area contributed by atoms with E-state index in [0.29, 0.717) is 6.42 Å². The molecule has 2 aromatic rings. The van der Waals surface area contributed by atoms with Crippen molar-refractivity contribution in [2.75, 3.05) is 5.75 Å². The van der Waals surface area contributed by atoms with Gasteiger partial charge in [-0.2, -0.15) is 25.8 Å². The molecule has 0 aliphatic rings. The van der Waals surface area contributed by atoms with Crippen molar-refractivity contribution in [1.82, 2.24) is 0 Å². The first-order valence-electron chi connectivity index (χ1n) is 8.52. The molecule has 158 valence electrons. The molecule has 2 atom stereocenters. The van der Waals surface area contributed by atoms with Crippen LogP contribution in [0, 0.1) is 6.92 Å². The number of carboxylic acids is 1. The zero-order chi connectivity index (χ0) is 22.0. The number of esters is 1. The molecule has 5 nitrogen and oxygen atoms in total. The van der Waals surface area contributed by atoms with Crippen molar-refractivity contribution >= 4 is 24.6 Å². The van der Waals surface area contributed by atoms with Crippen molar-refractivity contribution in [1.29, 1.82) is 0 Å². The first kappa shape index (κ1) is 24.5. The van der Waals surface area contributed by atoms with E-state index in [1.807, 2.05) is 37.3 Å². The number of benzene rings is 2. The maximum absolute atomic E-state index is 12.0. The number of alkyl halides is 3. The molecule has 0 bridgehead atoms. The molecule has 0 spiro atoms. The average molecular weight is 429 g/mol. The Labute approximate surface area is 172 Å². The zero-order valence-corrected chi connectivity index (χ0v) is 16.5. The molecule has 1 unspecified atom stereocenters. The topological polar surface area (TPSA) is 89.6 Å². The van der Waals surface area contributed by atoms with Gasteiger partial charge in [0.2, 0.25) is 0 Å². The van der Waals surface area contributed by atoms with E-state index in [9.17, 15) is 18.0 Å². The number of hydrogen-bond acceptors (Lipinski definition) is 5. The van der Waals surface area contributed by atoms with Gasteiger partial charge in [0.05, 0.1) is 0 Å². The maximum atomic E-state index is 12.0. The highest BCUT2D eigenvalue weighted by atomic mass is 32.1. The third-order valence-corrected chi connectivity index (χ3v) is 4.11. The standard InChI is InChI=1S/C18H21NO2S.C2HF3O2/c1-13-7-9-14(10-8-13)11-17(15-5-3-2-4-6-15)21-18(20)16(19)12-22;3-2(4,5)1(6)7/h2-10,16-17,22H,11-12,19H2,1H3;(H,6,7)/t16?,17-;/m0./s1. The summed E-state index contributed by atoms with van der Waals surface area (Å²) >= 11 is 4.05. The highest BCUT2D eigenvalue weighted by Gasteiger charge is 2.38. The molecule has 0 aliphatic heterocycles. The fourth-order valence-electron chi connectivity index (χ4n) is 2.14. The smallest absolute Gasteiger partial charge is 0.475 e. The molecular formula is C20H22F3NO4S. The first-order chi connectivity index (χ1) is 13.5. The third kappa shape index (κ3) is 9.01. The van der Waals surface area contributed by atoms with Gasteiger partial charge in [0.25, 0.3) is 0 Å². The van der Waals surface area contributed by atoms with Crippen molar-refractivity contribution in [3.63, 3.8) is 0 Å². The van der Waals surface area contributed by atoms with Crippen LogP contribution in [0.5, 0.6) is 0 Å². The van der Waals surface area contributed by atoms with Gasteiger partial charge in [-0.1, -0.05) is 60.2 Å². The van der Waals surface area contributed by atoms with E-state index in [2.05, 4.69) is 36.9 Å². The zero-order valence-electron chi connectivity index (χ0n) is 15.6. The number of aliphatic carboxylic acids is 1. The van der Waals surface area contributed by atoms with Gasteiger partial charge in [-0.15, -0.1) is 0 Å². The van der Waals surface area contributed by atoms with Crippen LogP contribution in [0.15, 0.2) is 54.6 Å². The SMILES string of the molecule is Cc1ccc(C[C@H](OC(=O)C(N)CS)c2ccccc2)cc1.O=C(O)C(F)(F)F. The summed E-state index contributed by atoms with van der Waals surface area (Å²) in [7, 11) is 0. The monoisotopic (exact) mass is 429 g/mol. The van der Waals surface area contributed by atoms with E-state index in [1.54, 1.807) is 0 Å². The second-order valence-corrected chi connectivity index (χ2v) is 6.48. The predicted molar refractivity (Wildman–Crippen MR) is 106 cm³/mol. The Kier molecular flexibility index (Phi) is 9.70. The fraction of sp³-hybridized carbons (Fsp3) is 0.300. The largest absolute Gasteiger partial charge is 0.490 e. The van der Waals surface area contributed by atoms with Gasteiger partial charge < -0.3 is 15.6 Å². The number of carbonyl (C=O) groups is 2. The summed E-state index contributed by atoms with van der Waals surface area (Å²) in [4.78, 5) is 20.9. The van der Waals surface area contributed by atoms with Gasteiger partial charge >= 0.3 is 18.1 Å². The van der Waals surface area contributed by atoms with Gasteiger partial charge in [-0.25, -0.2) is 4.79 Å². The summed E-state index contributed by atoms with van der Waals surface area (Å²) in [6.45, 7) is 2.05. The molecule has 0 saturated heterocycles. The van der Waals surface area contributed by atoms with Crippen LogP contribution in [0.4, 0.5) is 13.2 Å². The Hall–Kier alpha value is -2.52. The van der Waals surface area contributed by atoms with E-state index in [-0.39, 0.29) is 11.9 Å². The Balaban J connectivity index is 0.000000516. The van der Waals surface area contributed by atoms with E-state index >= 15 is 0 Å². The van der Waals surface area contributed by atoms with Crippen molar-refractivity contribution < 1.29 is 32.6 Å². The second kappa shape index (κ2) is 11.5. The Morgan fingerprint density at radius 1 is 1.10 bits per heavy atom. The number of aryl methyl sites for hydroxylation is 1. The average Bonchev–Trinajstić information content (AvgIpc) is 2.68. The Bertz CT molecular complexity index is 783. The minimum Gasteiger partial charge on any atom is -0.475 e. The molecule has 29 heavy (non-hydrogen) atoms. The molecule has 0 saturated carbocycles. The Morgan fingerprint density at radius 2 is 1.62 bits per heavy atom. The van der Waals surface area contributed by atoms with Gasteiger partial charge in [0.1, 0.15) is 12.1 Å². The number of hydrogen-bond donors (Lipinski definition) is 3. The molecule has 0 aromatic heterocycles. The minimum atomic E-state index is -5.08. The molecule has 2 aromatic carbocycles. The van der Waals surface area contributed by atoms with Crippen LogP contribution in [0.1, 0.15) is 22.8 Å². The molecule has 9 heteroatoms. The summed E-state index contributed by atoms with van der Waals surface area (Å²) in [5.74, 6) is -2.91. The molecule has 0 heterocycles. The van der Waals surface area contributed by atoms with Gasteiger partial charge in [-0.05, 0) is 18.1 Å². The first-order valence-corrected chi connectivity index (χ1v) is 9.15. The molecule has 0 aliphatic carbocycles. The van der Waals surface area contributed by atoms with Crippen molar-refractivity contribution in [3.8, 4) is 0 Å². The summed E-state index contributed by atoms with van der Waals surface area (Å²) in [5.41, 5.74) is 8.99. The lowest BCUT2D eigenvalue weighted by molar-refractivity contribution is -0.192. The molecule has 0 radical (unpaired) electrons. The van der Waals surface area contributed by atoms with Gasteiger partial charge in [0, 0.05) is 12.2 Å². The summed E-state index contributed by atoms with van der Waals surface area (Å²) in [6.07, 6.45) is -4.81. The summed E-state index contributed by atoms with van der Waals surface area (Å²) < 4.78 is 37.3. The van der Waals surface area contributed by atoms with Crippen LogP contribution < -0.4 is 5.73 Å². The van der Waals surface area contributed by atoms with Crippen molar-refractivity contribution in [3.05, 3.63) is 71.3 Å². The second-order valence-electron chi connectivity index (χ2n) is 6.12. The van der Waals surface area contributed by atoms with Crippen LogP contribution in [-0.2, 0) is 20.7 Å². The maximum Gasteiger partial charge on any atom is 0.490 e. The number of ether oxygens (including phenoxy) is 1. The van der Waals surface area contributed by atoms with E-state index < -0.39 is 24.2 Å². The quantitative estimate of drug-likeness (QED) is 0.481. The third-order valence-electron chi connectivity index (χ3n) is 3.71. The molecule has 0 amide bonds. The van der Waals surface area contributed by atoms with Crippen LogP contribution in [-0.4, -0.2) is 35.0 Å². The molecule has 3 N–H and O–H groups in total. The molecule has 0 fully saturated rings. The van der Waals surface area contributed by atoms with Gasteiger partial charge in [-0.3, -0.25) is 4.79 Å². The molecular weight excluding hydrogens is 407 g/mol. The lowest BCUT2D eigenvalue weighted by Crippen LogP contribution is -2.35. The number of thiol groups is 1. The Morgan fingerprint density at radius 3 is 2.07 bits per heavy atom. The number of rotatable bonds is 6. The predicted octanol–water partition coefficient (Wildman–Crippen LogP) is 3.71. The van der Waals surface area contributed by atoms with E-state index in [0.717, 1.165) is 11.1 Å². The van der Waals surface area contributed by atoms with E-state index in [4.69, 9.17) is 20.4 Å². The minimum absolute atomic E-state index is 0.269. The highest BCUT2D eigenvalue weighted by molar-refractivity contribution is 7.80.